The highest BCUT2D eigenvalue weighted by atomic mass is 32.2. The standard InChI is InChI=1S/C14H17NO4S/c1-14(2,11-12(16)19-13(17)15-11)20-8-9-4-6-10(18-3)7-5-9/h4-7,11H,8H2,1-3H3,(H,15,17)/t11-/m0/s1. The van der Waals surface area contributed by atoms with Crippen molar-refractivity contribution in [3.63, 3.8) is 0 Å². The van der Waals surface area contributed by atoms with Gasteiger partial charge in [-0.3, -0.25) is 0 Å². The van der Waals surface area contributed by atoms with E-state index >= 15 is 0 Å². The fourth-order valence-corrected chi connectivity index (χ4v) is 2.94. The molecule has 0 saturated carbocycles. The summed E-state index contributed by atoms with van der Waals surface area (Å²) in [5, 5.41) is 2.55. The molecule has 1 amide bonds. The first-order valence-corrected chi connectivity index (χ1v) is 7.20. The van der Waals surface area contributed by atoms with Gasteiger partial charge >= 0.3 is 12.1 Å². The van der Waals surface area contributed by atoms with Gasteiger partial charge in [-0.05, 0) is 31.5 Å². The molecule has 1 atom stereocenters. The molecule has 1 heterocycles. The summed E-state index contributed by atoms with van der Waals surface area (Å²) >= 11 is 1.59. The second kappa shape index (κ2) is 5.75. The predicted octanol–water partition coefficient (Wildman–Crippen LogP) is 2.34. The summed E-state index contributed by atoms with van der Waals surface area (Å²) in [6.45, 7) is 3.83. The summed E-state index contributed by atoms with van der Waals surface area (Å²) in [6.07, 6.45) is -0.668. The van der Waals surface area contributed by atoms with Gasteiger partial charge in [-0.1, -0.05) is 12.1 Å². The normalized spacial score (nSPS) is 18.6. The zero-order valence-electron chi connectivity index (χ0n) is 11.6. The minimum Gasteiger partial charge on any atom is -0.497 e. The van der Waals surface area contributed by atoms with Gasteiger partial charge in [-0.25, -0.2) is 9.59 Å². The molecule has 1 saturated heterocycles. The molecular formula is C14H17NO4S. The Kier molecular flexibility index (Phi) is 4.23. The molecule has 0 radical (unpaired) electrons. The average Bonchev–Trinajstić information content (AvgIpc) is 2.77. The van der Waals surface area contributed by atoms with Gasteiger partial charge in [-0.15, -0.1) is 11.8 Å². The molecule has 1 aliphatic heterocycles. The summed E-state index contributed by atoms with van der Waals surface area (Å²) < 4.78 is 9.19. The van der Waals surface area contributed by atoms with Gasteiger partial charge in [0.1, 0.15) is 11.8 Å². The highest BCUT2D eigenvalue weighted by Gasteiger charge is 2.43. The Bertz CT molecular complexity index is 512. The Morgan fingerprint density at radius 1 is 1.30 bits per heavy atom. The zero-order chi connectivity index (χ0) is 14.8. The lowest BCUT2D eigenvalue weighted by molar-refractivity contribution is -0.135. The van der Waals surface area contributed by atoms with Gasteiger partial charge in [0.15, 0.2) is 0 Å². The molecule has 5 nitrogen and oxygen atoms in total. The SMILES string of the molecule is COc1ccc(CSC(C)(C)[C@H]2NC(=O)OC2=O)cc1. The second-order valence-electron chi connectivity index (χ2n) is 5.03. The number of benzene rings is 1. The monoisotopic (exact) mass is 295 g/mol. The van der Waals surface area contributed by atoms with Crippen molar-refractivity contribution in [2.75, 3.05) is 7.11 Å². The van der Waals surface area contributed by atoms with E-state index in [0.717, 1.165) is 17.1 Å². The summed E-state index contributed by atoms with van der Waals surface area (Å²) in [7, 11) is 1.63. The van der Waals surface area contributed by atoms with Crippen LogP contribution in [0.15, 0.2) is 24.3 Å². The van der Waals surface area contributed by atoms with Crippen molar-refractivity contribution in [2.24, 2.45) is 0 Å². The number of methoxy groups -OCH3 is 1. The first-order chi connectivity index (χ1) is 9.42. The van der Waals surface area contributed by atoms with Gasteiger partial charge in [0.25, 0.3) is 0 Å². The highest BCUT2D eigenvalue weighted by molar-refractivity contribution is 7.99. The Hall–Kier alpha value is -1.69. The van der Waals surface area contributed by atoms with E-state index < -0.39 is 22.9 Å². The lowest BCUT2D eigenvalue weighted by Gasteiger charge is -2.27. The van der Waals surface area contributed by atoms with E-state index in [1.165, 1.54) is 0 Å². The first-order valence-electron chi connectivity index (χ1n) is 6.21. The van der Waals surface area contributed by atoms with Crippen molar-refractivity contribution in [3.05, 3.63) is 29.8 Å². The van der Waals surface area contributed by atoms with Gasteiger partial charge in [-0.2, -0.15) is 0 Å². The molecule has 0 aromatic heterocycles. The third-order valence-corrected chi connectivity index (χ3v) is 4.61. The van der Waals surface area contributed by atoms with Crippen LogP contribution in [0.5, 0.6) is 5.75 Å². The minimum atomic E-state index is -0.668. The van der Waals surface area contributed by atoms with E-state index in [-0.39, 0.29) is 0 Å². The lowest BCUT2D eigenvalue weighted by atomic mass is 10.0. The van der Waals surface area contributed by atoms with Gasteiger partial charge in [0, 0.05) is 10.5 Å². The molecule has 1 aromatic rings. The van der Waals surface area contributed by atoms with E-state index in [2.05, 4.69) is 10.1 Å². The molecule has 1 fully saturated rings. The Labute approximate surface area is 122 Å². The molecule has 0 bridgehead atoms. The summed E-state index contributed by atoms with van der Waals surface area (Å²) in [4.78, 5) is 22.7. The molecule has 108 valence electrons. The van der Waals surface area contributed by atoms with Crippen molar-refractivity contribution in [1.82, 2.24) is 5.32 Å². The maximum Gasteiger partial charge on any atom is 0.415 e. The van der Waals surface area contributed by atoms with Crippen LogP contribution in [-0.2, 0) is 15.3 Å². The van der Waals surface area contributed by atoms with E-state index in [9.17, 15) is 9.59 Å². The van der Waals surface area contributed by atoms with E-state index in [1.54, 1.807) is 18.9 Å². The van der Waals surface area contributed by atoms with E-state index in [1.807, 2.05) is 38.1 Å². The molecule has 6 heteroatoms. The van der Waals surface area contributed by atoms with Gasteiger partial charge in [0.05, 0.1) is 7.11 Å². The number of rotatable bonds is 5. The Morgan fingerprint density at radius 2 is 1.95 bits per heavy atom. The average molecular weight is 295 g/mol. The number of thioether (sulfide) groups is 1. The van der Waals surface area contributed by atoms with Crippen LogP contribution in [0, 0.1) is 0 Å². The number of ether oxygens (including phenoxy) is 2. The molecule has 1 aliphatic rings. The van der Waals surface area contributed by atoms with E-state index in [4.69, 9.17) is 4.74 Å². The van der Waals surface area contributed by atoms with Crippen LogP contribution in [0.4, 0.5) is 4.79 Å². The van der Waals surface area contributed by atoms with Crippen LogP contribution in [-0.4, -0.2) is 30.0 Å². The van der Waals surface area contributed by atoms with Crippen molar-refractivity contribution in [2.45, 2.75) is 30.4 Å². The summed E-state index contributed by atoms with van der Waals surface area (Å²) in [5.41, 5.74) is 1.13. The van der Waals surface area contributed by atoms with E-state index in [0.29, 0.717) is 0 Å². The third-order valence-electron chi connectivity index (χ3n) is 3.16. The maximum atomic E-state index is 11.6. The highest BCUT2D eigenvalue weighted by Crippen LogP contribution is 2.33. The Balaban J connectivity index is 1.97. The van der Waals surface area contributed by atoms with Crippen molar-refractivity contribution in [1.29, 1.82) is 0 Å². The van der Waals surface area contributed by atoms with Crippen LogP contribution in [0.1, 0.15) is 19.4 Å². The van der Waals surface area contributed by atoms with Crippen molar-refractivity contribution in [3.8, 4) is 5.75 Å². The lowest BCUT2D eigenvalue weighted by Crippen LogP contribution is -2.45. The predicted molar refractivity (Wildman–Crippen MR) is 76.8 cm³/mol. The number of hydrogen-bond donors (Lipinski definition) is 1. The number of nitrogens with one attached hydrogen (secondary N) is 1. The molecular weight excluding hydrogens is 278 g/mol. The van der Waals surface area contributed by atoms with Crippen LogP contribution in [0.3, 0.4) is 0 Å². The molecule has 20 heavy (non-hydrogen) atoms. The molecule has 2 rings (SSSR count). The van der Waals surface area contributed by atoms with Crippen LogP contribution in [0.25, 0.3) is 0 Å². The first kappa shape index (κ1) is 14.7. The number of amides is 1. The minimum absolute atomic E-state index is 0.441. The number of hydrogen-bond acceptors (Lipinski definition) is 5. The number of esters is 1. The number of cyclic esters (lactones) is 2. The quantitative estimate of drug-likeness (QED) is 0.667. The second-order valence-corrected chi connectivity index (χ2v) is 6.66. The van der Waals surface area contributed by atoms with Crippen molar-refractivity contribution < 1.29 is 19.1 Å². The van der Waals surface area contributed by atoms with Gasteiger partial charge in [0.2, 0.25) is 0 Å². The van der Waals surface area contributed by atoms with Crippen molar-refractivity contribution >= 4 is 23.8 Å². The fourth-order valence-electron chi connectivity index (χ4n) is 1.89. The molecule has 1 aromatic carbocycles. The fraction of sp³-hybridized carbons (Fsp3) is 0.429. The third kappa shape index (κ3) is 3.25. The molecule has 0 unspecified atom stereocenters. The number of alkyl carbamates (subject to hydrolysis) is 1. The van der Waals surface area contributed by atoms with Crippen LogP contribution in [0.2, 0.25) is 0 Å². The smallest absolute Gasteiger partial charge is 0.415 e. The van der Waals surface area contributed by atoms with Crippen LogP contribution >= 0.6 is 11.8 Å². The molecule has 1 N–H and O–H groups in total. The van der Waals surface area contributed by atoms with Gasteiger partial charge < -0.3 is 14.8 Å². The maximum absolute atomic E-state index is 11.6. The molecule has 0 spiro atoms. The zero-order valence-corrected chi connectivity index (χ0v) is 12.5. The van der Waals surface area contributed by atoms with Crippen LogP contribution < -0.4 is 10.1 Å². The number of carbonyl (C=O) groups is 2. The summed E-state index contributed by atoms with van der Waals surface area (Å²) in [5.74, 6) is 1.03. The Morgan fingerprint density at radius 3 is 2.45 bits per heavy atom. The number of carbonyl (C=O) groups excluding carboxylic acids is 2. The topological polar surface area (TPSA) is 64.6 Å². The molecule has 0 aliphatic carbocycles. The summed E-state index contributed by atoms with van der Waals surface area (Å²) in [6, 6.07) is 7.14. The largest absolute Gasteiger partial charge is 0.497 e.